The summed E-state index contributed by atoms with van der Waals surface area (Å²) in [6, 6.07) is 1.54. The first-order valence-electron chi connectivity index (χ1n) is 7.00. The van der Waals surface area contributed by atoms with Crippen LogP contribution in [-0.2, 0) is 11.1 Å². The molecule has 1 heterocycles. The Balaban J connectivity index is 2.24. The molecule has 6 heteroatoms. The van der Waals surface area contributed by atoms with Gasteiger partial charge in [-0.25, -0.2) is 4.39 Å². The van der Waals surface area contributed by atoms with Crippen LogP contribution in [0.1, 0.15) is 39.7 Å². The molecule has 0 fully saturated rings. The molecule has 1 aromatic rings. The highest BCUT2D eigenvalue weighted by atomic mass is 19.2. The molecule has 0 bridgehead atoms. The van der Waals surface area contributed by atoms with E-state index >= 15 is 0 Å². The summed E-state index contributed by atoms with van der Waals surface area (Å²) in [6.45, 7) is 6.95. The summed E-state index contributed by atoms with van der Waals surface area (Å²) >= 11 is 0. The number of hydrogen-bond donors (Lipinski definition) is 1. The van der Waals surface area contributed by atoms with E-state index < -0.39 is 22.8 Å². The molecule has 0 atom stereocenters. The lowest BCUT2D eigenvalue weighted by molar-refractivity contribution is -0.0893. The average Bonchev–Trinajstić information content (AvgIpc) is 2.40. The quantitative estimate of drug-likeness (QED) is 0.865. The topological polar surface area (TPSA) is 38.7 Å². The Bertz CT molecular complexity index is 539. The molecular formula is C15H20BF2O3. The van der Waals surface area contributed by atoms with E-state index in [0.29, 0.717) is 18.6 Å². The van der Waals surface area contributed by atoms with Crippen molar-refractivity contribution in [3.63, 3.8) is 0 Å². The number of ether oxygens (including phenoxy) is 1. The minimum absolute atomic E-state index is 0.00218. The van der Waals surface area contributed by atoms with Crippen molar-refractivity contribution >= 4 is 12.9 Å². The first kappa shape index (κ1) is 16.2. The molecule has 3 nitrogen and oxygen atoms in total. The number of rotatable bonds is 4. The molecule has 1 aliphatic rings. The molecule has 1 aliphatic heterocycles. The molecule has 1 radical (unpaired) electrons. The molecule has 0 saturated heterocycles. The van der Waals surface area contributed by atoms with Crippen molar-refractivity contribution < 1.29 is 23.3 Å². The van der Waals surface area contributed by atoms with Crippen molar-refractivity contribution in [2.24, 2.45) is 0 Å². The maximum Gasteiger partial charge on any atom is 0.334 e. The van der Waals surface area contributed by atoms with Crippen LogP contribution in [0.15, 0.2) is 6.07 Å². The second-order valence-corrected chi connectivity index (χ2v) is 6.34. The highest BCUT2D eigenvalue weighted by molar-refractivity contribution is 6.47. The molecule has 0 amide bonds. The lowest BCUT2D eigenvalue weighted by Crippen LogP contribution is -2.49. The number of hydrogen-bond acceptors (Lipinski definition) is 3. The minimum Gasteiger partial charge on any atom is -0.490 e. The highest BCUT2D eigenvalue weighted by Crippen LogP contribution is 2.29. The van der Waals surface area contributed by atoms with Crippen LogP contribution in [-0.4, -0.2) is 30.4 Å². The predicted octanol–water partition coefficient (Wildman–Crippen LogP) is 2.10. The van der Waals surface area contributed by atoms with Crippen molar-refractivity contribution in [3.05, 3.63) is 23.3 Å². The first-order valence-corrected chi connectivity index (χ1v) is 7.00. The van der Waals surface area contributed by atoms with Gasteiger partial charge in [0.25, 0.3) is 0 Å². The second kappa shape index (κ2) is 5.57. The molecule has 1 aromatic carbocycles. The third-order valence-corrected chi connectivity index (χ3v) is 4.06. The van der Waals surface area contributed by atoms with Gasteiger partial charge in [0.2, 0.25) is 0 Å². The molecule has 0 saturated carbocycles. The van der Waals surface area contributed by atoms with Crippen molar-refractivity contribution in [1.82, 2.24) is 0 Å². The molecule has 1 N–H and O–H groups in total. The Labute approximate surface area is 124 Å². The number of aliphatic hydroxyl groups is 1. The molecular weight excluding hydrogens is 277 g/mol. The zero-order valence-electron chi connectivity index (χ0n) is 12.8. The Hall–Kier alpha value is -1.14. The number of benzene rings is 1. The third-order valence-electron chi connectivity index (χ3n) is 4.06. The standard InChI is InChI=1S/C15H20BF2O3/c1-14(2,19)15(3,4)21-16-10-8-9-6-5-7-20-13(9)12(18)11(10)17/h8,19H,5-7H2,1-4H3. The molecule has 0 aromatic heterocycles. The molecule has 115 valence electrons. The van der Waals surface area contributed by atoms with E-state index in [2.05, 4.69) is 0 Å². The monoisotopic (exact) mass is 297 g/mol. The zero-order chi connectivity index (χ0) is 15.8. The van der Waals surface area contributed by atoms with Gasteiger partial charge in [-0.3, -0.25) is 0 Å². The van der Waals surface area contributed by atoms with Crippen molar-refractivity contribution in [1.29, 1.82) is 0 Å². The van der Waals surface area contributed by atoms with E-state index in [0.717, 1.165) is 13.9 Å². The fourth-order valence-corrected chi connectivity index (χ4v) is 1.90. The van der Waals surface area contributed by atoms with Crippen LogP contribution in [0.2, 0.25) is 0 Å². The van der Waals surface area contributed by atoms with Gasteiger partial charge in [-0.2, -0.15) is 4.39 Å². The van der Waals surface area contributed by atoms with E-state index in [9.17, 15) is 13.9 Å². The average molecular weight is 297 g/mol. The van der Waals surface area contributed by atoms with Gasteiger partial charge in [0, 0.05) is 0 Å². The van der Waals surface area contributed by atoms with Gasteiger partial charge in [0.1, 0.15) is 0 Å². The summed E-state index contributed by atoms with van der Waals surface area (Å²) in [7, 11) is 1.16. The lowest BCUT2D eigenvalue weighted by atomic mass is 9.81. The third kappa shape index (κ3) is 3.21. The summed E-state index contributed by atoms with van der Waals surface area (Å²) in [6.07, 6.45) is 1.41. The summed E-state index contributed by atoms with van der Waals surface area (Å²) < 4.78 is 38.7. The van der Waals surface area contributed by atoms with E-state index in [-0.39, 0.29) is 11.2 Å². The lowest BCUT2D eigenvalue weighted by Gasteiger charge is -2.37. The van der Waals surface area contributed by atoms with E-state index in [1.807, 2.05) is 0 Å². The second-order valence-electron chi connectivity index (χ2n) is 6.34. The van der Waals surface area contributed by atoms with Crippen LogP contribution in [0.5, 0.6) is 5.75 Å². The molecule has 0 spiro atoms. The molecule has 2 rings (SSSR count). The number of halogens is 2. The maximum atomic E-state index is 14.0. The van der Waals surface area contributed by atoms with Crippen molar-refractivity contribution in [2.45, 2.75) is 51.7 Å². The SMILES string of the molecule is CC(C)(O)C(C)(C)O[B]c1cc2c(c(F)c1F)OCCC2. The Morgan fingerprint density at radius 1 is 1.24 bits per heavy atom. The largest absolute Gasteiger partial charge is 0.490 e. The van der Waals surface area contributed by atoms with Gasteiger partial charge < -0.3 is 14.5 Å². The summed E-state index contributed by atoms with van der Waals surface area (Å²) in [5.41, 5.74) is -1.41. The normalized spacial score (nSPS) is 15.4. The summed E-state index contributed by atoms with van der Waals surface area (Å²) in [5, 5.41) is 10.0. The van der Waals surface area contributed by atoms with E-state index in [1.165, 1.54) is 6.07 Å². The van der Waals surface area contributed by atoms with Gasteiger partial charge in [-0.15, -0.1) is 0 Å². The maximum absolute atomic E-state index is 14.0. The van der Waals surface area contributed by atoms with Crippen LogP contribution < -0.4 is 10.2 Å². The summed E-state index contributed by atoms with van der Waals surface area (Å²) in [5.74, 6) is -1.98. The Kier molecular flexibility index (Phi) is 4.31. The molecule has 0 unspecified atom stereocenters. The van der Waals surface area contributed by atoms with Gasteiger partial charge in [0.05, 0.1) is 17.8 Å². The van der Waals surface area contributed by atoms with Gasteiger partial charge in [-0.1, -0.05) is 6.07 Å². The van der Waals surface area contributed by atoms with Crippen LogP contribution in [0.4, 0.5) is 8.78 Å². The Morgan fingerprint density at radius 3 is 2.52 bits per heavy atom. The van der Waals surface area contributed by atoms with E-state index in [1.54, 1.807) is 27.7 Å². The zero-order valence-corrected chi connectivity index (χ0v) is 12.8. The smallest absolute Gasteiger partial charge is 0.334 e. The minimum atomic E-state index is -1.13. The van der Waals surface area contributed by atoms with Crippen LogP contribution in [0.3, 0.4) is 0 Å². The van der Waals surface area contributed by atoms with Gasteiger partial charge in [0.15, 0.2) is 17.4 Å². The Morgan fingerprint density at radius 2 is 1.90 bits per heavy atom. The predicted molar refractivity (Wildman–Crippen MR) is 77.0 cm³/mol. The number of aryl methyl sites for hydroxylation is 1. The fraction of sp³-hybridized carbons (Fsp3) is 0.600. The van der Waals surface area contributed by atoms with Crippen LogP contribution in [0, 0.1) is 11.6 Å². The van der Waals surface area contributed by atoms with Crippen LogP contribution >= 0.6 is 0 Å². The molecule has 21 heavy (non-hydrogen) atoms. The van der Waals surface area contributed by atoms with Gasteiger partial charge in [-0.05, 0) is 51.6 Å². The van der Waals surface area contributed by atoms with E-state index in [4.69, 9.17) is 9.39 Å². The number of fused-ring (bicyclic) bond motifs is 1. The molecule has 0 aliphatic carbocycles. The summed E-state index contributed by atoms with van der Waals surface area (Å²) in [4.78, 5) is 0. The highest BCUT2D eigenvalue weighted by Gasteiger charge is 2.36. The fourth-order valence-electron chi connectivity index (χ4n) is 1.90. The van der Waals surface area contributed by atoms with Crippen molar-refractivity contribution in [2.75, 3.05) is 6.61 Å². The first-order chi connectivity index (χ1) is 9.63. The van der Waals surface area contributed by atoms with Crippen molar-refractivity contribution in [3.8, 4) is 5.75 Å². The van der Waals surface area contributed by atoms with Crippen LogP contribution in [0.25, 0.3) is 0 Å². The van der Waals surface area contributed by atoms with Gasteiger partial charge >= 0.3 is 7.48 Å².